The molecule has 0 aliphatic rings. The fourth-order valence-electron chi connectivity index (χ4n) is 1.32. The molecule has 0 amide bonds. The molecule has 0 atom stereocenters. The van der Waals surface area contributed by atoms with Gasteiger partial charge in [0.1, 0.15) is 4.34 Å². The van der Waals surface area contributed by atoms with E-state index >= 15 is 0 Å². The van der Waals surface area contributed by atoms with Crippen molar-refractivity contribution in [3.8, 4) is 0 Å². The molecule has 1 aromatic heterocycles. The van der Waals surface area contributed by atoms with Gasteiger partial charge in [-0.3, -0.25) is 0 Å². The van der Waals surface area contributed by atoms with E-state index in [1.165, 1.54) is 15.6 Å². The zero-order valence-corrected chi connectivity index (χ0v) is 12.5. The van der Waals surface area contributed by atoms with Crippen LogP contribution in [0.3, 0.4) is 0 Å². The average molecular weight is 279 g/mol. The van der Waals surface area contributed by atoms with Crippen LogP contribution in [0.15, 0.2) is 4.34 Å². The highest BCUT2D eigenvalue weighted by atomic mass is 35.5. The van der Waals surface area contributed by atoms with Crippen LogP contribution in [0.1, 0.15) is 17.0 Å². The molecule has 0 aliphatic carbocycles. The monoisotopic (exact) mass is 278 g/mol. The van der Waals surface area contributed by atoms with E-state index in [1.54, 1.807) is 11.3 Å². The molecule has 0 bridgehead atoms. The third-order valence-corrected chi connectivity index (χ3v) is 4.81. The van der Waals surface area contributed by atoms with E-state index in [-0.39, 0.29) is 0 Å². The summed E-state index contributed by atoms with van der Waals surface area (Å²) >= 11 is 9.40. The normalized spacial score (nSPS) is 11.3. The van der Waals surface area contributed by atoms with Crippen molar-refractivity contribution >= 4 is 34.7 Å². The maximum Gasteiger partial charge on any atom is 0.150 e. The minimum absolute atomic E-state index is 0.688. The van der Waals surface area contributed by atoms with Crippen LogP contribution in [-0.4, -0.2) is 42.2 Å². The molecule has 1 rings (SSSR count). The summed E-state index contributed by atoms with van der Waals surface area (Å²) in [5.41, 5.74) is 1.15. The van der Waals surface area contributed by atoms with Gasteiger partial charge < -0.3 is 4.90 Å². The van der Waals surface area contributed by atoms with E-state index in [1.807, 2.05) is 11.8 Å². The van der Waals surface area contributed by atoms with Crippen LogP contribution in [0.2, 0.25) is 0 Å². The molecule has 5 heteroatoms. The molecule has 0 aliphatic heterocycles. The van der Waals surface area contributed by atoms with Crippen molar-refractivity contribution in [3.63, 3.8) is 0 Å². The summed E-state index contributed by atoms with van der Waals surface area (Å²) in [6.07, 6.45) is 2.16. The number of rotatable bonds is 7. The number of aromatic nitrogens is 1. The zero-order valence-electron chi connectivity index (χ0n) is 10.1. The summed E-state index contributed by atoms with van der Waals surface area (Å²) in [5, 5.41) is 0. The maximum atomic E-state index is 5.75. The van der Waals surface area contributed by atoms with Gasteiger partial charge in [0.2, 0.25) is 0 Å². The molecule has 0 N–H and O–H groups in total. The second kappa shape index (κ2) is 7.54. The number of alkyl halides is 1. The van der Waals surface area contributed by atoms with Gasteiger partial charge in [0.25, 0.3) is 0 Å². The van der Waals surface area contributed by atoms with Crippen LogP contribution < -0.4 is 0 Å². The van der Waals surface area contributed by atoms with Crippen LogP contribution in [-0.2, 0) is 6.42 Å². The third-order valence-electron chi connectivity index (χ3n) is 2.17. The molecule has 92 valence electrons. The smallest absolute Gasteiger partial charge is 0.150 e. The Morgan fingerprint density at radius 1 is 1.44 bits per heavy atom. The highest BCUT2D eigenvalue weighted by Gasteiger charge is 2.07. The van der Waals surface area contributed by atoms with Gasteiger partial charge in [0.15, 0.2) is 0 Å². The second-order valence-corrected chi connectivity index (χ2v) is 6.74. The molecule has 0 saturated heterocycles. The molecular formula is C11H19ClN2S2. The lowest BCUT2D eigenvalue weighted by Crippen LogP contribution is -2.13. The summed E-state index contributed by atoms with van der Waals surface area (Å²) in [6.45, 7) is 3.22. The Hall–Kier alpha value is 0.230. The fraction of sp³-hybridized carbons (Fsp3) is 0.727. The lowest BCUT2D eigenvalue weighted by molar-refractivity contribution is 0.410. The number of thiazole rings is 1. The van der Waals surface area contributed by atoms with Crippen molar-refractivity contribution in [2.24, 2.45) is 0 Å². The van der Waals surface area contributed by atoms with E-state index < -0.39 is 0 Å². The predicted octanol–water partition coefficient (Wildman–Crippen LogP) is 3.28. The van der Waals surface area contributed by atoms with Gasteiger partial charge in [0.05, 0.1) is 5.69 Å². The highest BCUT2D eigenvalue weighted by molar-refractivity contribution is 8.01. The lowest BCUT2D eigenvalue weighted by atomic mass is 10.3. The van der Waals surface area contributed by atoms with E-state index in [9.17, 15) is 0 Å². The highest BCUT2D eigenvalue weighted by Crippen LogP contribution is 2.28. The molecule has 0 spiro atoms. The molecule has 0 unspecified atom stereocenters. The lowest BCUT2D eigenvalue weighted by Gasteiger charge is -2.07. The van der Waals surface area contributed by atoms with Crippen LogP contribution in [0.5, 0.6) is 0 Å². The maximum absolute atomic E-state index is 5.75. The van der Waals surface area contributed by atoms with E-state index in [0.717, 1.165) is 24.4 Å². The summed E-state index contributed by atoms with van der Waals surface area (Å²) in [5.74, 6) is 1.83. The van der Waals surface area contributed by atoms with Crippen LogP contribution >= 0.6 is 34.7 Å². The molecule has 2 nitrogen and oxygen atoms in total. The number of thioether (sulfide) groups is 1. The molecule has 0 fully saturated rings. The topological polar surface area (TPSA) is 16.1 Å². The Morgan fingerprint density at radius 3 is 2.81 bits per heavy atom. The largest absolute Gasteiger partial charge is 0.309 e. The fourth-order valence-corrected chi connectivity index (χ4v) is 3.85. The summed E-state index contributed by atoms with van der Waals surface area (Å²) in [6, 6.07) is 0. The Bertz CT molecular complexity index is 313. The van der Waals surface area contributed by atoms with Crippen LogP contribution in [0.25, 0.3) is 0 Å². The summed E-state index contributed by atoms with van der Waals surface area (Å²) in [7, 11) is 4.22. The van der Waals surface area contributed by atoms with Gasteiger partial charge in [-0.15, -0.1) is 22.9 Å². The summed E-state index contributed by atoms with van der Waals surface area (Å²) < 4.78 is 1.19. The minimum Gasteiger partial charge on any atom is -0.309 e. The van der Waals surface area contributed by atoms with Crippen LogP contribution in [0, 0.1) is 6.92 Å². The zero-order chi connectivity index (χ0) is 12.0. The number of hydrogen-bond donors (Lipinski definition) is 0. The molecule has 0 aromatic carbocycles. The van der Waals surface area contributed by atoms with Gasteiger partial charge in [0, 0.05) is 16.5 Å². The quantitative estimate of drug-likeness (QED) is 0.433. The van der Waals surface area contributed by atoms with Crippen LogP contribution in [0.4, 0.5) is 0 Å². The van der Waals surface area contributed by atoms with Gasteiger partial charge in [-0.2, -0.15) is 0 Å². The van der Waals surface area contributed by atoms with Crippen molar-refractivity contribution in [3.05, 3.63) is 10.6 Å². The van der Waals surface area contributed by atoms with E-state index in [2.05, 4.69) is 30.9 Å². The van der Waals surface area contributed by atoms with Gasteiger partial charge in [-0.05, 0) is 40.4 Å². The Morgan fingerprint density at radius 2 is 2.19 bits per heavy atom. The summed E-state index contributed by atoms with van der Waals surface area (Å²) in [4.78, 5) is 8.11. The van der Waals surface area contributed by atoms with E-state index in [0.29, 0.717) is 5.88 Å². The van der Waals surface area contributed by atoms with Crippen molar-refractivity contribution < 1.29 is 0 Å². The molecular weight excluding hydrogens is 260 g/mol. The Balaban J connectivity index is 2.34. The first-order valence-corrected chi connectivity index (χ1v) is 7.77. The Kier molecular flexibility index (Phi) is 6.73. The predicted molar refractivity (Wildman–Crippen MR) is 75.2 cm³/mol. The number of halogens is 1. The molecule has 16 heavy (non-hydrogen) atoms. The van der Waals surface area contributed by atoms with Gasteiger partial charge in [-0.25, -0.2) is 4.98 Å². The second-order valence-electron chi connectivity index (χ2n) is 3.93. The van der Waals surface area contributed by atoms with Crippen molar-refractivity contribution in [1.82, 2.24) is 9.88 Å². The molecule has 1 aromatic rings. The average Bonchev–Trinajstić information content (AvgIpc) is 2.55. The van der Waals surface area contributed by atoms with Gasteiger partial charge >= 0.3 is 0 Å². The number of hydrogen-bond acceptors (Lipinski definition) is 4. The van der Waals surface area contributed by atoms with Crippen molar-refractivity contribution in [1.29, 1.82) is 0 Å². The van der Waals surface area contributed by atoms with E-state index in [4.69, 9.17) is 11.6 Å². The number of nitrogens with zero attached hydrogens (tertiary/aromatic N) is 2. The Labute approximate surface area is 111 Å². The number of aryl methyl sites for hydroxylation is 2. The minimum atomic E-state index is 0.688. The van der Waals surface area contributed by atoms with Crippen molar-refractivity contribution in [2.75, 3.05) is 32.3 Å². The molecule has 0 saturated carbocycles. The van der Waals surface area contributed by atoms with Crippen molar-refractivity contribution in [2.45, 2.75) is 24.1 Å². The first-order chi connectivity index (χ1) is 7.63. The standard InChI is InChI=1S/C11H19ClN2S2/c1-9-10(5-6-12)16-11(13-9)15-8-4-7-14(2)3/h4-8H2,1-3H3. The molecule has 1 heterocycles. The molecule has 0 radical (unpaired) electrons. The first kappa shape index (κ1) is 14.3. The third kappa shape index (κ3) is 5.04. The van der Waals surface area contributed by atoms with Gasteiger partial charge in [-0.1, -0.05) is 11.8 Å². The SMILES string of the molecule is Cc1nc(SCCCN(C)C)sc1CCCl. The first-order valence-electron chi connectivity index (χ1n) is 5.43.